The van der Waals surface area contributed by atoms with Crippen molar-refractivity contribution in [2.75, 3.05) is 20.2 Å². The second kappa shape index (κ2) is 8.71. The molecule has 3 heterocycles. The van der Waals surface area contributed by atoms with Crippen LogP contribution in [0.5, 0.6) is 5.75 Å². The quantitative estimate of drug-likeness (QED) is 0.441. The number of carbonyl (C=O) groups excluding carboxylic acids is 1. The number of fused-ring (bicyclic) bond motifs is 1. The summed E-state index contributed by atoms with van der Waals surface area (Å²) in [6, 6.07) is 15.3. The van der Waals surface area contributed by atoms with Crippen LogP contribution in [0.15, 0.2) is 59.1 Å². The van der Waals surface area contributed by atoms with E-state index < -0.39 is 0 Å². The van der Waals surface area contributed by atoms with Crippen LogP contribution in [0, 0.1) is 0 Å². The topological polar surface area (TPSA) is 71.4 Å². The zero-order valence-corrected chi connectivity index (χ0v) is 18.6. The Morgan fingerprint density at radius 3 is 2.94 bits per heavy atom. The Morgan fingerprint density at radius 2 is 2.12 bits per heavy atom. The van der Waals surface area contributed by atoms with E-state index >= 15 is 0 Å². The lowest BCUT2D eigenvalue weighted by atomic mass is 9.97. The van der Waals surface area contributed by atoms with Crippen LogP contribution >= 0.6 is 11.6 Å². The van der Waals surface area contributed by atoms with Gasteiger partial charge in [-0.2, -0.15) is 0 Å². The maximum absolute atomic E-state index is 13.2. The molecule has 1 aliphatic heterocycles. The molecule has 0 saturated carbocycles. The van der Waals surface area contributed by atoms with Gasteiger partial charge < -0.3 is 19.0 Å². The first-order valence-electron chi connectivity index (χ1n) is 10.7. The average molecular weight is 450 g/mol. The molecule has 32 heavy (non-hydrogen) atoms. The number of amides is 1. The number of benzene rings is 2. The molecule has 0 aliphatic carbocycles. The Bertz CT molecular complexity index is 1250. The molecule has 0 radical (unpaired) electrons. The van der Waals surface area contributed by atoms with Gasteiger partial charge in [0.1, 0.15) is 17.2 Å². The average Bonchev–Trinajstić information content (AvgIpc) is 3.47. The molecule has 5 rings (SSSR count). The highest BCUT2D eigenvalue weighted by Gasteiger charge is 2.29. The Kier molecular flexibility index (Phi) is 5.62. The summed E-state index contributed by atoms with van der Waals surface area (Å²) in [5.41, 5.74) is 2.58. The molecule has 0 spiro atoms. The number of hydrogen-bond acceptors (Lipinski definition) is 4. The summed E-state index contributed by atoms with van der Waals surface area (Å²) in [4.78, 5) is 22.9. The number of carbonyl (C=O) groups is 1. The van der Waals surface area contributed by atoms with Crippen LogP contribution in [0.4, 0.5) is 0 Å². The summed E-state index contributed by atoms with van der Waals surface area (Å²) in [5.74, 6) is 2.34. The number of oxazole rings is 1. The summed E-state index contributed by atoms with van der Waals surface area (Å²) < 4.78 is 11.5. The van der Waals surface area contributed by atoms with Gasteiger partial charge in [0, 0.05) is 35.4 Å². The number of aromatic nitrogens is 2. The van der Waals surface area contributed by atoms with Crippen LogP contribution in [0.1, 0.15) is 46.5 Å². The third kappa shape index (κ3) is 4.10. The molecule has 1 atom stereocenters. The van der Waals surface area contributed by atoms with E-state index in [9.17, 15) is 4.79 Å². The van der Waals surface area contributed by atoms with E-state index in [0.717, 1.165) is 47.4 Å². The fourth-order valence-electron chi connectivity index (χ4n) is 4.35. The smallest absolute Gasteiger partial charge is 0.270 e. The third-order valence-corrected chi connectivity index (χ3v) is 6.25. The van der Waals surface area contributed by atoms with E-state index in [1.807, 2.05) is 53.4 Å². The number of nitrogens with zero attached hydrogens (tertiary/aromatic N) is 2. The Balaban J connectivity index is 1.30. The number of piperidine rings is 1. The van der Waals surface area contributed by atoms with Crippen LogP contribution in [0.3, 0.4) is 0 Å². The van der Waals surface area contributed by atoms with Gasteiger partial charge in [0.05, 0.1) is 19.2 Å². The first kappa shape index (κ1) is 20.6. The van der Waals surface area contributed by atoms with E-state index in [1.54, 1.807) is 13.3 Å². The van der Waals surface area contributed by atoms with Gasteiger partial charge in [0.15, 0.2) is 5.89 Å². The first-order valence-corrected chi connectivity index (χ1v) is 11.1. The number of rotatable bonds is 5. The number of likely N-dealkylation sites (tertiary alicyclic amines) is 1. The molecule has 1 amide bonds. The molecule has 1 aliphatic rings. The molecule has 0 bridgehead atoms. The Morgan fingerprint density at radius 1 is 1.28 bits per heavy atom. The molecule has 2 aromatic carbocycles. The van der Waals surface area contributed by atoms with Crippen molar-refractivity contribution in [2.24, 2.45) is 0 Å². The molecule has 7 heteroatoms. The maximum Gasteiger partial charge on any atom is 0.270 e. The Hall–Kier alpha value is -3.25. The maximum atomic E-state index is 13.2. The van der Waals surface area contributed by atoms with E-state index in [4.69, 9.17) is 20.8 Å². The number of methoxy groups -OCH3 is 1. The molecule has 1 N–H and O–H groups in total. The van der Waals surface area contributed by atoms with Crippen molar-refractivity contribution in [3.63, 3.8) is 0 Å². The summed E-state index contributed by atoms with van der Waals surface area (Å²) >= 11 is 5.97. The van der Waals surface area contributed by atoms with Crippen LogP contribution in [0.2, 0.25) is 5.02 Å². The van der Waals surface area contributed by atoms with Crippen LogP contribution in [-0.2, 0) is 6.42 Å². The minimum Gasteiger partial charge on any atom is -0.496 e. The standard InChI is InChI=1S/C25H24ClN3O3/c1-31-23-6-2-5-21-20(23)13-22(28-21)25(30)29-11-3-4-17(15-29)24-27-14-19(32-24)12-16-7-9-18(26)10-8-16/h2,5-10,13-14,17,28H,3-4,11-12,15H2,1H3/t17-/m1/s1. The van der Waals surface area contributed by atoms with E-state index in [0.29, 0.717) is 29.6 Å². The number of aromatic amines is 1. The number of halogens is 1. The fraction of sp³-hybridized carbons (Fsp3) is 0.280. The minimum atomic E-state index is -0.0131. The molecule has 6 nitrogen and oxygen atoms in total. The second-order valence-electron chi connectivity index (χ2n) is 8.16. The van der Waals surface area contributed by atoms with Crippen molar-refractivity contribution >= 4 is 28.4 Å². The largest absolute Gasteiger partial charge is 0.496 e. The van der Waals surface area contributed by atoms with Crippen LogP contribution < -0.4 is 4.74 Å². The third-order valence-electron chi connectivity index (χ3n) is 6.00. The lowest BCUT2D eigenvalue weighted by Gasteiger charge is -2.31. The van der Waals surface area contributed by atoms with Gasteiger partial charge in [0.25, 0.3) is 5.91 Å². The van der Waals surface area contributed by atoms with Gasteiger partial charge in [-0.3, -0.25) is 4.79 Å². The summed E-state index contributed by atoms with van der Waals surface area (Å²) in [5, 5.41) is 1.62. The van der Waals surface area contributed by atoms with Crippen LogP contribution in [0.25, 0.3) is 10.9 Å². The number of nitrogens with one attached hydrogen (secondary N) is 1. The highest BCUT2D eigenvalue weighted by atomic mass is 35.5. The second-order valence-corrected chi connectivity index (χ2v) is 8.60. The lowest BCUT2D eigenvalue weighted by molar-refractivity contribution is 0.0693. The number of ether oxygens (including phenoxy) is 1. The van der Waals surface area contributed by atoms with Gasteiger partial charge in [-0.15, -0.1) is 0 Å². The van der Waals surface area contributed by atoms with Crippen molar-refractivity contribution in [3.8, 4) is 5.75 Å². The normalized spacial score (nSPS) is 16.4. The van der Waals surface area contributed by atoms with E-state index in [-0.39, 0.29) is 11.8 Å². The number of hydrogen-bond donors (Lipinski definition) is 1. The van der Waals surface area contributed by atoms with Gasteiger partial charge in [-0.05, 0) is 48.7 Å². The predicted molar refractivity (Wildman–Crippen MR) is 123 cm³/mol. The monoisotopic (exact) mass is 449 g/mol. The minimum absolute atomic E-state index is 0.0131. The van der Waals surface area contributed by atoms with Gasteiger partial charge in [0.2, 0.25) is 0 Å². The summed E-state index contributed by atoms with van der Waals surface area (Å²) in [6.07, 6.45) is 4.31. The molecule has 1 fully saturated rings. The summed E-state index contributed by atoms with van der Waals surface area (Å²) in [6.45, 7) is 1.31. The fourth-order valence-corrected chi connectivity index (χ4v) is 4.48. The van der Waals surface area contributed by atoms with Crippen LogP contribution in [-0.4, -0.2) is 41.0 Å². The molecular weight excluding hydrogens is 426 g/mol. The summed E-state index contributed by atoms with van der Waals surface area (Å²) in [7, 11) is 1.63. The van der Waals surface area contributed by atoms with Crippen molar-refractivity contribution in [3.05, 3.63) is 82.7 Å². The van der Waals surface area contributed by atoms with Crippen molar-refractivity contribution < 1.29 is 13.9 Å². The molecule has 1 saturated heterocycles. The number of H-pyrrole nitrogens is 1. The van der Waals surface area contributed by atoms with Crippen molar-refractivity contribution in [1.29, 1.82) is 0 Å². The molecule has 4 aromatic rings. The van der Waals surface area contributed by atoms with Crippen molar-refractivity contribution in [2.45, 2.75) is 25.2 Å². The van der Waals surface area contributed by atoms with Gasteiger partial charge in [-0.25, -0.2) is 4.98 Å². The van der Waals surface area contributed by atoms with Gasteiger partial charge in [-0.1, -0.05) is 29.8 Å². The zero-order valence-electron chi connectivity index (χ0n) is 17.8. The SMILES string of the molecule is COc1cccc2[nH]c(C(=O)N3CCC[C@@H](c4ncc(Cc5ccc(Cl)cc5)o4)C3)cc12. The van der Waals surface area contributed by atoms with E-state index in [1.165, 1.54) is 0 Å². The zero-order chi connectivity index (χ0) is 22.1. The lowest BCUT2D eigenvalue weighted by Crippen LogP contribution is -2.39. The predicted octanol–water partition coefficient (Wildman–Crippen LogP) is 5.43. The molecular formula is C25H24ClN3O3. The highest BCUT2D eigenvalue weighted by Crippen LogP contribution is 2.30. The van der Waals surface area contributed by atoms with Gasteiger partial charge >= 0.3 is 0 Å². The molecule has 164 valence electrons. The highest BCUT2D eigenvalue weighted by molar-refractivity contribution is 6.30. The first-order chi connectivity index (χ1) is 15.6. The molecule has 0 unspecified atom stereocenters. The van der Waals surface area contributed by atoms with E-state index in [2.05, 4.69) is 9.97 Å². The van der Waals surface area contributed by atoms with Crippen molar-refractivity contribution in [1.82, 2.24) is 14.9 Å². The molecule has 2 aromatic heterocycles. The Labute approximate surface area is 191 Å².